The monoisotopic (exact) mass is 195 g/mol. The molecule has 0 aromatic rings. The van der Waals surface area contributed by atoms with Crippen LogP contribution in [0.4, 0.5) is 0 Å². The van der Waals surface area contributed by atoms with Crippen molar-refractivity contribution in [2.45, 2.75) is 53.9 Å². The molecule has 82 valence electrons. The third-order valence-electron chi connectivity index (χ3n) is 2.94. The zero-order chi connectivity index (χ0) is 11.1. The second-order valence-corrected chi connectivity index (χ2v) is 5.09. The molecule has 0 bridgehead atoms. The van der Waals surface area contributed by atoms with Gasteiger partial charge in [-0.3, -0.25) is 0 Å². The normalized spacial score (nSPS) is 17.5. The molecule has 0 heterocycles. The van der Waals surface area contributed by atoms with E-state index in [-0.39, 0.29) is 5.92 Å². The van der Waals surface area contributed by atoms with E-state index in [9.17, 15) is 0 Å². The molecule has 3 atom stereocenters. The lowest BCUT2D eigenvalue weighted by Gasteiger charge is -2.21. The van der Waals surface area contributed by atoms with Crippen molar-refractivity contribution < 1.29 is 0 Å². The first-order valence-electron chi connectivity index (χ1n) is 5.90. The van der Waals surface area contributed by atoms with E-state index in [2.05, 4.69) is 40.7 Å². The molecule has 0 N–H and O–H groups in total. The Bertz CT molecular complexity index is 178. The van der Waals surface area contributed by atoms with Gasteiger partial charge in [-0.25, -0.2) is 0 Å². The topological polar surface area (TPSA) is 23.8 Å². The fraction of sp³-hybridized carbons (Fsp3) is 0.923. The maximum absolute atomic E-state index is 8.94. The standard InChI is InChI=1S/C13H25N/c1-6-13(9-14)12(5)8-11(4)7-10(2)3/h10-13H,6-8H2,1-5H3. The predicted molar refractivity (Wildman–Crippen MR) is 61.8 cm³/mol. The minimum Gasteiger partial charge on any atom is -0.198 e. The van der Waals surface area contributed by atoms with Gasteiger partial charge in [0.15, 0.2) is 0 Å². The molecule has 0 aliphatic rings. The maximum Gasteiger partial charge on any atom is 0.0658 e. The molecule has 1 heteroatoms. The molecular formula is C13H25N. The summed E-state index contributed by atoms with van der Waals surface area (Å²) in [4.78, 5) is 0. The van der Waals surface area contributed by atoms with E-state index in [0.717, 1.165) is 18.3 Å². The summed E-state index contributed by atoms with van der Waals surface area (Å²) >= 11 is 0. The summed E-state index contributed by atoms with van der Waals surface area (Å²) < 4.78 is 0. The van der Waals surface area contributed by atoms with E-state index < -0.39 is 0 Å². The Morgan fingerprint density at radius 2 is 1.64 bits per heavy atom. The molecule has 0 aromatic carbocycles. The van der Waals surface area contributed by atoms with Crippen LogP contribution in [0, 0.1) is 35.0 Å². The Labute approximate surface area is 89.5 Å². The van der Waals surface area contributed by atoms with Gasteiger partial charge in [-0.15, -0.1) is 0 Å². The number of hydrogen-bond acceptors (Lipinski definition) is 1. The Kier molecular flexibility index (Phi) is 6.62. The quantitative estimate of drug-likeness (QED) is 0.621. The Balaban J connectivity index is 3.92. The third-order valence-corrected chi connectivity index (χ3v) is 2.94. The lowest BCUT2D eigenvalue weighted by molar-refractivity contribution is 0.307. The number of nitrogens with zero attached hydrogens (tertiary/aromatic N) is 1. The lowest BCUT2D eigenvalue weighted by Crippen LogP contribution is -2.13. The van der Waals surface area contributed by atoms with Crippen LogP contribution in [0.15, 0.2) is 0 Å². The van der Waals surface area contributed by atoms with Crippen molar-refractivity contribution >= 4 is 0 Å². The highest BCUT2D eigenvalue weighted by molar-refractivity contribution is 4.85. The molecule has 0 saturated heterocycles. The van der Waals surface area contributed by atoms with Crippen LogP contribution in [-0.2, 0) is 0 Å². The lowest BCUT2D eigenvalue weighted by atomic mass is 9.83. The average Bonchev–Trinajstić information content (AvgIpc) is 2.04. The largest absolute Gasteiger partial charge is 0.198 e. The van der Waals surface area contributed by atoms with Crippen LogP contribution in [0.3, 0.4) is 0 Å². The Hall–Kier alpha value is -0.510. The number of hydrogen-bond donors (Lipinski definition) is 0. The van der Waals surface area contributed by atoms with Crippen molar-refractivity contribution in [2.24, 2.45) is 23.7 Å². The number of nitriles is 1. The summed E-state index contributed by atoms with van der Waals surface area (Å²) in [6.07, 6.45) is 3.47. The van der Waals surface area contributed by atoms with Gasteiger partial charge in [0.2, 0.25) is 0 Å². The van der Waals surface area contributed by atoms with Gasteiger partial charge in [-0.05, 0) is 37.0 Å². The average molecular weight is 195 g/mol. The minimum absolute atomic E-state index is 0.254. The smallest absolute Gasteiger partial charge is 0.0658 e. The van der Waals surface area contributed by atoms with Crippen molar-refractivity contribution in [3.63, 3.8) is 0 Å². The number of rotatable bonds is 6. The molecule has 0 fully saturated rings. The molecule has 0 spiro atoms. The highest BCUT2D eigenvalue weighted by Crippen LogP contribution is 2.25. The van der Waals surface area contributed by atoms with Gasteiger partial charge >= 0.3 is 0 Å². The van der Waals surface area contributed by atoms with E-state index in [0.29, 0.717) is 5.92 Å². The molecule has 3 unspecified atom stereocenters. The summed E-state index contributed by atoms with van der Waals surface area (Å²) in [6, 6.07) is 2.41. The van der Waals surface area contributed by atoms with E-state index in [4.69, 9.17) is 5.26 Å². The summed E-state index contributed by atoms with van der Waals surface area (Å²) in [5.41, 5.74) is 0. The second kappa shape index (κ2) is 6.87. The van der Waals surface area contributed by atoms with Crippen LogP contribution in [0.5, 0.6) is 0 Å². The van der Waals surface area contributed by atoms with Crippen LogP contribution in [-0.4, -0.2) is 0 Å². The SMILES string of the molecule is CCC(C#N)C(C)CC(C)CC(C)C. The first-order chi connectivity index (χ1) is 6.51. The van der Waals surface area contributed by atoms with E-state index in [1.54, 1.807) is 0 Å². The van der Waals surface area contributed by atoms with Gasteiger partial charge in [0.1, 0.15) is 0 Å². The van der Waals surface area contributed by atoms with Crippen LogP contribution in [0.2, 0.25) is 0 Å². The van der Waals surface area contributed by atoms with Gasteiger partial charge < -0.3 is 0 Å². The molecule has 0 aliphatic heterocycles. The molecule has 0 saturated carbocycles. The van der Waals surface area contributed by atoms with Crippen molar-refractivity contribution in [1.82, 2.24) is 0 Å². The molecule has 0 amide bonds. The van der Waals surface area contributed by atoms with E-state index in [1.165, 1.54) is 12.8 Å². The molecule has 1 nitrogen and oxygen atoms in total. The fourth-order valence-corrected chi connectivity index (χ4v) is 2.32. The molecule has 0 aromatic heterocycles. The van der Waals surface area contributed by atoms with Crippen LogP contribution in [0.1, 0.15) is 53.9 Å². The van der Waals surface area contributed by atoms with Gasteiger partial charge in [0, 0.05) is 5.92 Å². The Morgan fingerprint density at radius 1 is 1.07 bits per heavy atom. The zero-order valence-electron chi connectivity index (χ0n) is 10.4. The van der Waals surface area contributed by atoms with Crippen LogP contribution in [0.25, 0.3) is 0 Å². The fourth-order valence-electron chi connectivity index (χ4n) is 2.32. The molecular weight excluding hydrogens is 170 g/mol. The molecule has 0 radical (unpaired) electrons. The second-order valence-electron chi connectivity index (χ2n) is 5.09. The predicted octanol–water partition coefficient (Wildman–Crippen LogP) is 4.24. The van der Waals surface area contributed by atoms with Gasteiger partial charge in [-0.1, -0.05) is 34.6 Å². The van der Waals surface area contributed by atoms with Crippen molar-refractivity contribution in [1.29, 1.82) is 5.26 Å². The van der Waals surface area contributed by atoms with E-state index in [1.807, 2.05) is 0 Å². The van der Waals surface area contributed by atoms with Gasteiger partial charge in [-0.2, -0.15) is 5.26 Å². The van der Waals surface area contributed by atoms with Gasteiger partial charge in [0.05, 0.1) is 6.07 Å². The van der Waals surface area contributed by atoms with Crippen molar-refractivity contribution in [3.05, 3.63) is 0 Å². The first kappa shape index (κ1) is 13.5. The highest BCUT2D eigenvalue weighted by atomic mass is 14.3. The van der Waals surface area contributed by atoms with Crippen molar-refractivity contribution in [3.8, 4) is 6.07 Å². The summed E-state index contributed by atoms with van der Waals surface area (Å²) in [5.74, 6) is 2.34. The van der Waals surface area contributed by atoms with Crippen LogP contribution < -0.4 is 0 Å². The van der Waals surface area contributed by atoms with Gasteiger partial charge in [0.25, 0.3) is 0 Å². The summed E-state index contributed by atoms with van der Waals surface area (Å²) in [7, 11) is 0. The molecule has 0 aliphatic carbocycles. The molecule has 0 rings (SSSR count). The van der Waals surface area contributed by atoms with Crippen LogP contribution >= 0.6 is 0 Å². The zero-order valence-corrected chi connectivity index (χ0v) is 10.4. The van der Waals surface area contributed by atoms with Crippen molar-refractivity contribution in [2.75, 3.05) is 0 Å². The summed E-state index contributed by atoms with van der Waals surface area (Å²) in [5, 5.41) is 8.94. The minimum atomic E-state index is 0.254. The maximum atomic E-state index is 8.94. The third kappa shape index (κ3) is 5.27. The summed E-state index contributed by atoms with van der Waals surface area (Å²) in [6.45, 7) is 11.2. The Morgan fingerprint density at radius 3 is 2.00 bits per heavy atom. The highest BCUT2D eigenvalue weighted by Gasteiger charge is 2.17. The first-order valence-corrected chi connectivity index (χ1v) is 5.90. The van der Waals surface area contributed by atoms with E-state index >= 15 is 0 Å². The molecule has 14 heavy (non-hydrogen) atoms.